The van der Waals surface area contributed by atoms with Crippen LogP contribution in [-0.4, -0.2) is 17.6 Å². The molecule has 1 unspecified atom stereocenters. The first-order valence-electron chi connectivity index (χ1n) is 4.49. The van der Waals surface area contributed by atoms with Gasteiger partial charge < -0.3 is 5.32 Å². The SMILES string of the molecule is C=CC(C)NCCc1scnc1C. The van der Waals surface area contributed by atoms with Crippen molar-refractivity contribution in [2.24, 2.45) is 0 Å². The summed E-state index contributed by atoms with van der Waals surface area (Å²) in [6.45, 7) is 8.88. The number of hydrogen-bond donors (Lipinski definition) is 1. The van der Waals surface area contributed by atoms with Gasteiger partial charge in [0, 0.05) is 17.5 Å². The normalized spacial score (nSPS) is 12.8. The first-order valence-corrected chi connectivity index (χ1v) is 5.37. The van der Waals surface area contributed by atoms with Crippen LogP contribution in [0.1, 0.15) is 17.5 Å². The lowest BCUT2D eigenvalue weighted by Gasteiger charge is -2.07. The van der Waals surface area contributed by atoms with Gasteiger partial charge >= 0.3 is 0 Å². The summed E-state index contributed by atoms with van der Waals surface area (Å²) >= 11 is 1.73. The van der Waals surface area contributed by atoms with E-state index in [0.717, 1.165) is 18.7 Å². The van der Waals surface area contributed by atoms with E-state index in [1.54, 1.807) is 11.3 Å². The average Bonchev–Trinajstić information content (AvgIpc) is 2.52. The van der Waals surface area contributed by atoms with Crippen molar-refractivity contribution >= 4 is 11.3 Å². The summed E-state index contributed by atoms with van der Waals surface area (Å²) in [6, 6.07) is 0.397. The van der Waals surface area contributed by atoms with E-state index in [0.29, 0.717) is 6.04 Å². The highest BCUT2D eigenvalue weighted by atomic mass is 32.1. The Kier molecular flexibility index (Phi) is 4.12. The molecule has 72 valence electrons. The summed E-state index contributed by atoms with van der Waals surface area (Å²) in [4.78, 5) is 5.58. The summed E-state index contributed by atoms with van der Waals surface area (Å²) in [7, 11) is 0. The van der Waals surface area contributed by atoms with Gasteiger partial charge in [-0.15, -0.1) is 17.9 Å². The van der Waals surface area contributed by atoms with Gasteiger partial charge in [-0.1, -0.05) is 6.08 Å². The van der Waals surface area contributed by atoms with Crippen molar-refractivity contribution in [3.63, 3.8) is 0 Å². The topological polar surface area (TPSA) is 24.9 Å². The molecule has 1 aromatic heterocycles. The Morgan fingerprint density at radius 2 is 2.54 bits per heavy atom. The van der Waals surface area contributed by atoms with Crippen LogP contribution in [0.3, 0.4) is 0 Å². The zero-order valence-corrected chi connectivity index (χ0v) is 9.03. The minimum absolute atomic E-state index is 0.397. The van der Waals surface area contributed by atoms with E-state index in [2.05, 4.69) is 30.7 Å². The van der Waals surface area contributed by atoms with Gasteiger partial charge in [0.2, 0.25) is 0 Å². The van der Waals surface area contributed by atoms with Crippen LogP contribution in [0.5, 0.6) is 0 Å². The predicted molar refractivity (Wildman–Crippen MR) is 58.2 cm³/mol. The molecule has 0 saturated heterocycles. The maximum Gasteiger partial charge on any atom is 0.0797 e. The lowest BCUT2D eigenvalue weighted by atomic mass is 10.3. The van der Waals surface area contributed by atoms with Crippen molar-refractivity contribution in [2.75, 3.05) is 6.54 Å². The van der Waals surface area contributed by atoms with E-state index in [1.165, 1.54) is 4.88 Å². The molecule has 2 nitrogen and oxygen atoms in total. The van der Waals surface area contributed by atoms with Crippen LogP contribution in [0, 0.1) is 6.92 Å². The van der Waals surface area contributed by atoms with E-state index in [-0.39, 0.29) is 0 Å². The molecule has 0 fully saturated rings. The Hall–Kier alpha value is -0.670. The highest BCUT2D eigenvalue weighted by molar-refractivity contribution is 7.09. The molecule has 1 N–H and O–H groups in total. The van der Waals surface area contributed by atoms with Gasteiger partial charge in [0.25, 0.3) is 0 Å². The number of nitrogens with zero attached hydrogens (tertiary/aromatic N) is 1. The van der Waals surface area contributed by atoms with Crippen LogP contribution < -0.4 is 5.32 Å². The zero-order chi connectivity index (χ0) is 9.68. The number of thiazole rings is 1. The second-order valence-corrected chi connectivity index (χ2v) is 4.03. The van der Waals surface area contributed by atoms with Gasteiger partial charge in [-0.3, -0.25) is 0 Å². The van der Waals surface area contributed by atoms with Crippen molar-refractivity contribution in [2.45, 2.75) is 26.3 Å². The Morgan fingerprint density at radius 3 is 3.08 bits per heavy atom. The molecule has 0 aliphatic carbocycles. The largest absolute Gasteiger partial charge is 0.310 e. The molecule has 0 amide bonds. The Bertz CT molecular complexity index is 268. The molecule has 0 radical (unpaired) electrons. The van der Waals surface area contributed by atoms with Crippen LogP contribution in [0.2, 0.25) is 0 Å². The van der Waals surface area contributed by atoms with Crippen LogP contribution >= 0.6 is 11.3 Å². The molecule has 0 spiro atoms. The van der Waals surface area contributed by atoms with Crippen LogP contribution in [0.25, 0.3) is 0 Å². The first kappa shape index (κ1) is 10.4. The molecule has 0 aromatic carbocycles. The molecule has 0 saturated carbocycles. The van der Waals surface area contributed by atoms with Crippen LogP contribution in [0.4, 0.5) is 0 Å². The van der Waals surface area contributed by atoms with Gasteiger partial charge in [-0.2, -0.15) is 0 Å². The minimum atomic E-state index is 0.397. The molecule has 1 aromatic rings. The van der Waals surface area contributed by atoms with Crippen molar-refractivity contribution in [3.8, 4) is 0 Å². The third-order valence-corrected chi connectivity index (χ3v) is 3.01. The molecule has 1 atom stereocenters. The monoisotopic (exact) mass is 196 g/mol. The van der Waals surface area contributed by atoms with E-state index in [4.69, 9.17) is 0 Å². The van der Waals surface area contributed by atoms with Gasteiger partial charge in [0.15, 0.2) is 0 Å². The van der Waals surface area contributed by atoms with Crippen molar-refractivity contribution in [3.05, 3.63) is 28.7 Å². The fraction of sp³-hybridized carbons (Fsp3) is 0.500. The number of aryl methyl sites for hydroxylation is 1. The van der Waals surface area contributed by atoms with Crippen molar-refractivity contribution < 1.29 is 0 Å². The summed E-state index contributed by atoms with van der Waals surface area (Å²) in [5, 5.41) is 3.36. The molecule has 13 heavy (non-hydrogen) atoms. The third-order valence-electron chi connectivity index (χ3n) is 2.02. The van der Waals surface area contributed by atoms with Crippen molar-refractivity contribution in [1.29, 1.82) is 0 Å². The molecule has 0 bridgehead atoms. The lowest BCUT2D eigenvalue weighted by Crippen LogP contribution is -2.25. The zero-order valence-electron chi connectivity index (χ0n) is 8.21. The van der Waals surface area contributed by atoms with Gasteiger partial charge in [0.05, 0.1) is 11.2 Å². The standard InChI is InChI=1S/C10H16N2S/c1-4-8(2)11-6-5-10-9(3)12-7-13-10/h4,7-8,11H,1,5-6H2,2-3H3. The lowest BCUT2D eigenvalue weighted by molar-refractivity contribution is 0.634. The van der Waals surface area contributed by atoms with Gasteiger partial charge in [-0.25, -0.2) is 4.98 Å². The Morgan fingerprint density at radius 1 is 1.77 bits per heavy atom. The number of rotatable bonds is 5. The molecule has 0 aliphatic heterocycles. The Labute approximate surface area is 83.7 Å². The first-order chi connectivity index (χ1) is 6.24. The highest BCUT2D eigenvalue weighted by Crippen LogP contribution is 2.11. The van der Waals surface area contributed by atoms with E-state index in [1.807, 2.05) is 11.6 Å². The Balaban J connectivity index is 2.27. The smallest absolute Gasteiger partial charge is 0.0797 e. The summed E-state index contributed by atoms with van der Waals surface area (Å²) in [5.74, 6) is 0. The van der Waals surface area contributed by atoms with Crippen LogP contribution in [0.15, 0.2) is 18.2 Å². The summed E-state index contributed by atoms with van der Waals surface area (Å²) < 4.78 is 0. The average molecular weight is 196 g/mol. The maximum atomic E-state index is 4.21. The highest BCUT2D eigenvalue weighted by Gasteiger charge is 2.01. The number of aromatic nitrogens is 1. The second kappa shape index (κ2) is 5.14. The van der Waals surface area contributed by atoms with Gasteiger partial charge in [0.1, 0.15) is 0 Å². The fourth-order valence-electron chi connectivity index (χ4n) is 1.06. The molecular formula is C10H16N2S. The summed E-state index contributed by atoms with van der Waals surface area (Å²) in [6.07, 6.45) is 2.98. The van der Waals surface area contributed by atoms with E-state index < -0.39 is 0 Å². The number of hydrogen-bond acceptors (Lipinski definition) is 3. The molecule has 1 rings (SSSR count). The number of nitrogens with one attached hydrogen (secondary N) is 1. The quantitative estimate of drug-likeness (QED) is 0.730. The predicted octanol–water partition coefficient (Wildman–Crippen LogP) is 2.16. The van der Waals surface area contributed by atoms with Gasteiger partial charge in [-0.05, 0) is 20.3 Å². The fourth-order valence-corrected chi connectivity index (χ4v) is 1.84. The van der Waals surface area contributed by atoms with E-state index >= 15 is 0 Å². The third kappa shape index (κ3) is 3.28. The van der Waals surface area contributed by atoms with E-state index in [9.17, 15) is 0 Å². The second-order valence-electron chi connectivity index (χ2n) is 3.09. The molecule has 1 heterocycles. The molecule has 3 heteroatoms. The molecule has 0 aliphatic rings. The molecular weight excluding hydrogens is 180 g/mol. The maximum absolute atomic E-state index is 4.21. The minimum Gasteiger partial charge on any atom is -0.310 e. The van der Waals surface area contributed by atoms with Crippen LogP contribution in [-0.2, 0) is 6.42 Å². The summed E-state index contributed by atoms with van der Waals surface area (Å²) in [5.41, 5.74) is 3.07. The van der Waals surface area contributed by atoms with Crippen molar-refractivity contribution in [1.82, 2.24) is 10.3 Å².